The van der Waals surface area contributed by atoms with Gasteiger partial charge in [0.15, 0.2) is 6.04 Å². The topological polar surface area (TPSA) is 55.4 Å². The Bertz CT molecular complexity index is 417. The van der Waals surface area contributed by atoms with Crippen molar-refractivity contribution in [3.63, 3.8) is 0 Å². The molecule has 4 nitrogen and oxygen atoms in total. The summed E-state index contributed by atoms with van der Waals surface area (Å²) in [5.74, 6) is -0.557. The summed E-state index contributed by atoms with van der Waals surface area (Å²) in [5, 5.41) is 2.75. The lowest BCUT2D eigenvalue weighted by atomic mass is 10.1. The zero-order valence-electron chi connectivity index (χ0n) is 12.2. The van der Waals surface area contributed by atoms with Gasteiger partial charge in [0.25, 0.3) is 0 Å². The van der Waals surface area contributed by atoms with Crippen LogP contribution in [0.1, 0.15) is 50.6 Å². The molecular weight excluding hydrogens is 254 g/mol. The molecule has 0 saturated carbocycles. The maximum absolute atomic E-state index is 11.9. The molecule has 1 aromatic rings. The number of esters is 1. The van der Waals surface area contributed by atoms with Crippen LogP contribution < -0.4 is 5.32 Å². The molecule has 1 N–H and O–H groups in total. The Morgan fingerprint density at radius 3 is 2.45 bits per heavy atom. The SMILES string of the molecule is CCCCCCC(=O)NC(C(=O)OC)c1ccccc1. The number of amides is 1. The summed E-state index contributed by atoms with van der Waals surface area (Å²) < 4.78 is 4.76. The van der Waals surface area contributed by atoms with Gasteiger partial charge in [0.05, 0.1) is 7.11 Å². The van der Waals surface area contributed by atoms with Crippen LogP contribution in [0, 0.1) is 0 Å². The van der Waals surface area contributed by atoms with E-state index in [1.54, 1.807) is 12.1 Å². The zero-order valence-corrected chi connectivity index (χ0v) is 12.2. The molecule has 0 heterocycles. The van der Waals surface area contributed by atoms with E-state index in [1.165, 1.54) is 7.11 Å². The van der Waals surface area contributed by atoms with E-state index in [-0.39, 0.29) is 5.91 Å². The summed E-state index contributed by atoms with van der Waals surface area (Å²) in [7, 11) is 1.33. The minimum atomic E-state index is -0.722. The van der Waals surface area contributed by atoms with Gasteiger partial charge in [-0.15, -0.1) is 0 Å². The molecule has 0 aliphatic carbocycles. The second-order valence-corrected chi connectivity index (χ2v) is 4.75. The monoisotopic (exact) mass is 277 g/mol. The number of unbranched alkanes of at least 4 members (excludes halogenated alkanes) is 3. The molecule has 0 aliphatic rings. The zero-order chi connectivity index (χ0) is 14.8. The van der Waals surface area contributed by atoms with Crippen molar-refractivity contribution in [3.05, 3.63) is 35.9 Å². The number of benzene rings is 1. The fourth-order valence-electron chi connectivity index (χ4n) is 1.99. The van der Waals surface area contributed by atoms with Crippen molar-refractivity contribution in [3.8, 4) is 0 Å². The van der Waals surface area contributed by atoms with Gasteiger partial charge in [-0.05, 0) is 12.0 Å². The molecule has 0 radical (unpaired) electrons. The fourth-order valence-corrected chi connectivity index (χ4v) is 1.99. The number of ether oxygens (including phenoxy) is 1. The predicted molar refractivity (Wildman–Crippen MR) is 78.1 cm³/mol. The standard InChI is InChI=1S/C16H23NO3/c1-3-4-5-9-12-14(18)17-15(16(19)20-2)13-10-7-6-8-11-13/h6-8,10-11,15H,3-5,9,12H2,1-2H3,(H,17,18). The van der Waals surface area contributed by atoms with E-state index in [9.17, 15) is 9.59 Å². The second-order valence-electron chi connectivity index (χ2n) is 4.75. The summed E-state index contributed by atoms with van der Waals surface area (Å²) in [6, 6.07) is 8.42. The molecule has 20 heavy (non-hydrogen) atoms. The van der Waals surface area contributed by atoms with Gasteiger partial charge in [-0.2, -0.15) is 0 Å². The van der Waals surface area contributed by atoms with E-state index in [1.807, 2.05) is 18.2 Å². The molecular formula is C16H23NO3. The van der Waals surface area contributed by atoms with Gasteiger partial charge in [-0.3, -0.25) is 4.79 Å². The maximum Gasteiger partial charge on any atom is 0.333 e. The highest BCUT2D eigenvalue weighted by atomic mass is 16.5. The van der Waals surface area contributed by atoms with Crippen LogP contribution in [0.15, 0.2) is 30.3 Å². The molecule has 1 unspecified atom stereocenters. The van der Waals surface area contributed by atoms with Gasteiger partial charge in [0.1, 0.15) is 0 Å². The first-order valence-electron chi connectivity index (χ1n) is 7.11. The number of carbonyl (C=O) groups is 2. The largest absolute Gasteiger partial charge is 0.467 e. The molecule has 0 spiro atoms. The van der Waals surface area contributed by atoms with Crippen LogP contribution in [0.2, 0.25) is 0 Å². The molecule has 0 aliphatic heterocycles. The van der Waals surface area contributed by atoms with Gasteiger partial charge >= 0.3 is 5.97 Å². The highest BCUT2D eigenvalue weighted by Crippen LogP contribution is 2.14. The molecule has 1 atom stereocenters. The smallest absolute Gasteiger partial charge is 0.333 e. The number of methoxy groups -OCH3 is 1. The van der Waals surface area contributed by atoms with Crippen molar-refractivity contribution >= 4 is 11.9 Å². The van der Waals surface area contributed by atoms with Crippen LogP contribution >= 0.6 is 0 Å². The summed E-state index contributed by atoms with van der Waals surface area (Å²) >= 11 is 0. The van der Waals surface area contributed by atoms with Gasteiger partial charge < -0.3 is 10.1 Å². The average Bonchev–Trinajstić information content (AvgIpc) is 2.49. The van der Waals surface area contributed by atoms with E-state index in [0.29, 0.717) is 6.42 Å². The summed E-state index contributed by atoms with van der Waals surface area (Å²) in [4.78, 5) is 23.7. The lowest BCUT2D eigenvalue weighted by Crippen LogP contribution is -2.34. The van der Waals surface area contributed by atoms with Gasteiger partial charge in [0, 0.05) is 6.42 Å². The van der Waals surface area contributed by atoms with Crippen LogP contribution in [-0.4, -0.2) is 19.0 Å². The van der Waals surface area contributed by atoms with Crippen molar-refractivity contribution in [2.24, 2.45) is 0 Å². The van der Waals surface area contributed by atoms with Crippen LogP contribution in [0.25, 0.3) is 0 Å². The van der Waals surface area contributed by atoms with Crippen LogP contribution in [0.3, 0.4) is 0 Å². The number of rotatable bonds is 8. The Morgan fingerprint density at radius 1 is 1.15 bits per heavy atom. The minimum absolute atomic E-state index is 0.111. The molecule has 1 aromatic carbocycles. The highest BCUT2D eigenvalue weighted by molar-refractivity contribution is 5.85. The third-order valence-electron chi connectivity index (χ3n) is 3.13. The predicted octanol–water partition coefficient (Wildman–Crippen LogP) is 2.99. The fraction of sp³-hybridized carbons (Fsp3) is 0.500. The summed E-state index contributed by atoms with van der Waals surface area (Å²) in [6.07, 6.45) is 4.60. The Balaban J connectivity index is 2.58. The average molecular weight is 277 g/mol. The molecule has 1 rings (SSSR count). The first kappa shape index (κ1) is 16.2. The van der Waals surface area contributed by atoms with E-state index >= 15 is 0 Å². The normalized spacial score (nSPS) is 11.7. The number of hydrogen-bond acceptors (Lipinski definition) is 3. The minimum Gasteiger partial charge on any atom is -0.467 e. The Labute approximate surface area is 120 Å². The Morgan fingerprint density at radius 2 is 1.85 bits per heavy atom. The number of nitrogens with one attached hydrogen (secondary N) is 1. The quantitative estimate of drug-likeness (QED) is 0.587. The van der Waals surface area contributed by atoms with Gasteiger partial charge in [0.2, 0.25) is 5.91 Å². The summed E-state index contributed by atoms with van der Waals surface area (Å²) in [6.45, 7) is 2.13. The number of hydrogen-bond donors (Lipinski definition) is 1. The molecule has 1 amide bonds. The Hall–Kier alpha value is -1.84. The van der Waals surface area contributed by atoms with Gasteiger partial charge in [-0.25, -0.2) is 4.79 Å². The Kier molecular flexibility index (Phi) is 7.40. The summed E-state index contributed by atoms with van der Waals surface area (Å²) in [5.41, 5.74) is 0.737. The molecule has 4 heteroatoms. The van der Waals surface area contributed by atoms with Crippen molar-refractivity contribution < 1.29 is 14.3 Å². The third kappa shape index (κ3) is 5.43. The lowest BCUT2D eigenvalue weighted by Gasteiger charge is -2.16. The van der Waals surface area contributed by atoms with Crippen molar-refractivity contribution in [1.29, 1.82) is 0 Å². The van der Waals surface area contributed by atoms with Crippen LogP contribution in [0.4, 0.5) is 0 Å². The second kappa shape index (κ2) is 9.13. The van der Waals surface area contributed by atoms with Crippen molar-refractivity contribution in [1.82, 2.24) is 5.32 Å². The van der Waals surface area contributed by atoms with E-state index in [0.717, 1.165) is 31.2 Å². The van der Waals surface area contributed by atoms with E-state index in [4.69, 9.17) is 4.74 Å². The lowest BCUT2D eigenvalue weighted by molar-refractivity contribution is -0.145. The van der Waals surface area contributed by atoms with E-state index in [2.05, 4.69) is 12.2 Å². The first-order valence-corrected chi connectivity index (χ1v) is 7.11. The van der Waals surface area contributed by atoms with Crippen LogP contribution in [0.5, 0.6) is 0 Å². The molecule has 0 aromatic heterocycles. The molecule has 110 valence electrons. The van der Waals surface area contributed by atoms with Crippen molar-refractivity contribution in [2.45, 2.75) is 45.1 Å². The maximum atomic E-state index is 11.9. The van der Waals surface area contributed by atoms with Gasteiger partial charge in [-0.1, -0.05) is 56.5 Å². The third-order valence-corrected chi connectivity index (χ3v) is 3.13. The van der Waals surface area contributed by atoms with Crippen molar-refractivity contribution in [2.75, 3.05) is 7.11 Å². The highest BCUT2D eigenvalue weighted by Gasteiger charge is 2.22. The van der Waals surface area contributed by atoms with Crippen LogP contribution in [-0.2, 0) is 14.3 Å². The molecule has 0 saturated heterocycles. The molecule has 0 fully saturated rings. The number of carbonyl (C=O) groups excluding carboxylic acids is 2. The van der Waals surface area contributed by atoms with E-state index < -0.39 is 12.0 Å². The molecule has 0 bridgehead atoms. The first-order chi connectivity index (χ1) is 9.69.